The molecule has 0 saturated carbocycles. The van der Waals surface area contributed by atoms with Crippen LogP contribution in [0.3, 0.4) is 0 Å². The van der Waals surface area contributed by atoms with Crippen molar-refractivity contribution < 1.29 is 0 Å². The third kappa shape index (κ3) is 1.63. The molecule has 0 heterocycles. The highest BCUT2D eigenvalue weighted by atomic mass is 79.9. The minimum atomic E-state index is 0.721. The largest absolute Gasteiger partial charge is 0.0818 e. The molecule has 0 spiro atoms. The van der Waals surface area contributed by atoms with Crippen molar-refractivity contribution in [1.82, 2.24) is 0 Å². The summed E-state index contributed by atoms with van der Waals surface area (Å²) >= 11 is 12.9. The average molecular weight is 320 g/mol. The van der Waals surface area contributed by atoms with E-state index in [0.717, 1.165) is 19.4 Å². The molecule has 13 heavy (non-hydrogen) atoms. The van der Waals surface area contributed by atoms with Gasteiger partial charge in [-0.25, -0.2) is 0 Å². The van der Waals surface area contributed by atoms with Crippen molar-refractivity contribution in [2.75, 3.05) is 0 Å². The lowest BCUT2D eigenvalue weighted by molar-refractivity contribution is 1.66. The molecular weight excluding hydrogens is 315 g/mol. The van der Waals surface area contributed by atoms with Gasteiger partial charge in [-0.3, -0.25) is 0 Å². The number of rotatable bonds is 0. The number of fused-ring (bicyclic) bond motifs is 1. The summed E-state index contributed by atoms with van der Waals surface area (Å²) in [5, 5.41) is 3.03. The standard InChI is InChI=1S/C10H5Br2Cl/c11-8-5-6-3-1-2-4-7(6)9(12)10(8)13/h1-5H. The monoisotopic (exact) mass is 318 g/mol. The Balaban J connectivity index is 2.94. The highest BCUT2D eigenvalue weighted by molar-refractivity contribution is 9.11. The van der Waals surface area contributed by atoms with Gasteiger partial charge in [-0.15, -0.1) is 0 Å². The van der Waals surface area contributed by atoms with Crippen LogP contribution < -0.4 is 0 Å². The van der Waals surface area contributed by atoms with Gasteiger partial charge < -0.3 is 0 Å². The van der Waals surface area contributed by atoms with E-state index >= 15 is 0 Å². The molecule has 0 nitrogen and oxygen atoms in total. The van der Waals surface area contributed by atoms with Crippen molar-refractivity contribution in [3.8, 4) is 0 Å². The van der Waals surface area contributed by atoms with Crippen LogP contribution in [0.4, 0.5) is 0 Å². The quantitative estimate of drug-likeness (QED) is 0.598. The lowest BCUT2D eigenvalue weighted by atomic mass is 10.1. The van der Waals surface area contributed by atoms with E-state index in [9.17, 15) is 0 Å². The number of benzene rings is 2. The Hall–Kier alpha value is -0.0500. The zero-order valence-corrected chi connectivity index (χ0v) is 10.4. The average Bonchev–Trinajstić information content (AvgIpc) is 2.15. The lowest BCUT2D eigenvalue weighted by Gasteiger charge is -2.04. The van der Waals surface area contributed by atoms with Gasteiger partial charge in [0.15, 0.2) is 0 Å². The van der Waals surface area contributed by atoms with Crippen molar-refractivity contribution in [2.24, 2.45) is 0 Å². The van der Waals surface area contributed by atoms with Gasteiger partial charge >= 0.3 is 0 Å². The molecule has 0 aliphatic carbocycles. The Morgan fingerprint density at radius 3 is 2.54 bits per heavy atom. The predicted molar refractivity (Wildman–Crippen MR) is 64.4 cm³/mol. The maximum absolute atomic E-state index is 6.06. The first-order chi connectivity index (χ1) is 6.20. The van der Waals surface area contributed by atoms with Crippen molar-refractivity contribution in [3.05, 3.63) is 44.3 Å². The molecule has 0 bridgehead atoms. The first-order valence-electron chi connectivity index (χ1n) is 3.72. The molecule has 3 heteroatoms. The van der Waals surface area contributed by atoms with E-state index in [1.54, 1.807) is 0 Å². The van der Waals surface area contributed by atoms with Gasteiger partial charge in [-0.1, -0.05) is 35.9 Å². The molecule has 0 amide bonds. The molecule has 2 aromatic rings. The van der Waals surface area contributed by atoms with Crippen LogP contribution in [0, 0.1) is 0 Å². The maximum Gasteiger partial charge on any atom is 0.0696 e. The summed E-state index contributed by atoms with van der Waals surface area (Å²) in [5.41, 5.74) is 0. The van der Waals surface area contributed by atoms with Crippen LogP contribution in [0.1, 0.15) is 0 Å². The number of hydrogen-bond acceptors (Lipinski definition) is 0. The minimum Gasteiger partial charge on any atom is -0.0818 e. The molecule has 0 radical (unpaired) electrons. The zero-order chi connectivity index (χ0) is 9.42. The summed E-state index contributed by atoms with van der Waals surface area (Å²) in [6.45, 7) is 0. The Bertz CT molecular complexity index is 466. The second-order valence-electron chi connectivity index (χ2n) is 2.71. The normalized spacial score (nSPS) is 10.7. The Labute approximate surface area is 98.2 Å². The van der Waals surface area contributed by atoms with E-state index in [1.807, 2.05) is 24.3 Å². The Kier molecular flexibility index (Phi) is 2.63. The first-order valence-corrected chi connectivity index (χ1v) is 5.69. The Morgan fingerprint density at radius 2 is 1.77 bits per heavy atom. The molecule has 0 unspecified atom stereocenters. The SMILES string of the molecule is Clc1c(Br)cc2ccccc2c1Br. The highest BCUT2D eigenvalue weighted by Crippen LogP contribution is 2.36. The van der Waals surface area contributed by atoms with Crippen LogP contribution in [-0.2, 0) is 0 Å². The van der Waals surface area contributed by atoms with E-state index in [2.05, 4.69) is 37.9 Å². The lowest BCUT2D eigenvalue weighted by Crippen LogP contribution is -1.77. The van der Waals surface area contributed by atoms with Gasteiger partial charge in [0.05, 0.1) is 5.02 Å². The second-order valence-corrected chi connectivity index (χ2v) is 4.73. The molecule has 0 saturated heterocycles. The summed E-state index contributed by atoms with van der Waals surface area (Å²) in [7, 11) is 0. The molecule has 0 aliphatic heterocycles. The van der Waals surface area contributed by atoms with Crippen LogP contribution in [-0.4, -0.2) is 0 Å². The van der Waals surface area contributed by atoms with Crippen LogP contribution >= 0.6 is 43.5 Å². The van der Waals surface area contributed by atoms with Crippen LogP contribution in [0.25, 0.3) is 10.8 Å². The van der Waals surface area contributed by atoms with Gasteiger partial charge in [0.1, 0.15) is 0 Å². The molecule has 0 N–H and O–H groups in total. The van der Waals surface area contributed by atoms with E-state index in [1.165, 1.54) is 5.39 Å². The third-order valence-electron chi connectivity index (χ3n) is 1.88. The van der Waals surface area contributed by atoms with E-state index in [0.29, 0.717) is 0 Å². The summed E-state index contributed by atoms with van der Waals surface area (Å²) in [6.07, 6.45) is 0. The Morgan fingerprint density at radius 1 is 1.08 bits per heavy atom. The van der Waals surface area contributed by atoms with Gasteiger partial charge in [-0.2, -0.15) is 0 Å². The fraction of sp³-hybridized carbons (Fsp3) is 0. The molecular formula is C10H5Br2Cl. The highest BCUT2D eigenvalue weighted by Gasteiger charge is 2.06. The second kappa shape index (κ2) is 3.60. The summed E-state index contributed by atoms with van der Waals surface area (Å²) in [4.78, 5) is 0. The zero-order valence-electron chi connectivity index (χ0n) is 6.52. The molecule has 0 aromatic heterocycles. The molecule has 2 rings (SSSR count). The van der Waals surface area contributed by atoms with Gasteiger partial charge in [0.25, 0.3) is 0 Å². The minimum absolute atomic E-state index is 0.721. The van der Waals surface area contributed by atoms with Crippen LogP contribution in [0.15, 0.2) is 39.3 Å². The first kappa shape index (κ1) is 9.50. The summed E-state index contributed by atoms with van der Waals surface area (Å²) in [6, 6.07) is 10.1. The van der Waals surface area contributed by atoms with Crippen molar-refractivity contribution in [1.29, 1.82) is 0 Å². The molecule has 66 valence electrons. The number of halogens is 3. The molecule has 0 atom stereocenters. The van der Waals surface area contributed by atoms with Crippen molar-refractivity contribution >= 4 is 54.2 Å². The third-order valence-corrected chi connectivity index (χ3v) is 4.18. The topological polar surface area (TPSA) is 0 Å². The fourth-order valence-electron chi connectivity index (χ4n) is 1.25. The fourth-order valence-corrected chi connectivity index (χ4v) is 2.69. The van der Waals surface area contributed by atoms with Gasteiger partial charge in [0.2, 0.25) is 0 Å². The molecule has 2 aromatic carbocycles. The predicted octanol–water partition coefficient (Wildman–Crippen LogP) is 5.02. The smallest absolute Gasteiger partial charge is 0.0696 e. The van der Waals surface area contributed by atoms with E-state index in [-0.39, 0.29) is 0 Å². The molecule has 0 aliphatic rings. The van der Waals surface area contributed by atoms with Crippen molar-refractivity contribution in [3.63, 3.8) is 0 Å². The summed E-state index contributed by atoms with van der Waals surface area (Å²) < 4.78 is 1.86. The number of hydrogen-bond donors (Lipinski definition) is 0. The van der Waals surface area contributed by atoms with Gasteiger partial charge in [-0.05, 0) is 48.7 Å². The van der Waals surface area contributed by atoms with E-state index < -0.39 is 0 Å². The summed E-state index contributed by atoms with van der Waals surface area (Å²) in [5.74, 6) is 0. The van der Waals surface area contributed by atoms with Crippen molar-refractivity contribution in [2.45, 2.75) is 0 Å². The van der Waals surface area contributed by atoms with E-state index in [4.69, 9.17) is 11.6 Å². The van der Waals surface area contributed by atoms with Crippen LogP contribution in [0.2, 0.25) is 5.02 Å². The molecule has 0 fully saturated rings. The van der Waals surface area contributed by atoms with Crippen LogP contribution in [0.5, 0.6) is 0 Å². The maximum atomic E-state index is 6.06. The van der Waals surface area contributed by atoms with Gasteiger partial charge in [0, 0.05) is 8.95 Å².